The lowest BCUT2D eigenvalue weighted by Crippen LogP contribution is -2.21. The molecule has 2 aromatic carbocycles. The molecule has 0 radical (unpaired) electrons. The number of carbonyl (C=O) groups is 1. The Hall–Kier alpha value is -2.29. The van der Waals surface area contributed by atoms with E-state index < -0.39 is 0 Å². The molecule has 2 rings (SSSR count). The van der Waals surface area contributed by atoms with Gasteiger partial charge in [-0.1, -0.05) is 58.0 Å². The summed E-state index contributed by atoms with van der Waals surface area (Å²) in [7, 11) is 0. The first-order valence-corrected chi connectivity index (χ1v) is 8.62. The smallest absolute Gasteiger partial charge is 0.262 e. The molecule has 1 amide bonds. The Morgan fingerprint density at radius 1 is 1.04 bits per heavy atom. The Balaban J connectivity index is 1.92. The summed E-state index contributed by atoms with van der Waals surface area (Å²) >= 11 is 0. The van der Waals surface area contributed by atoms with E-state index >= 15 is 0 Å². The summed E-state index contributed by atoms with van der Waals surface area (Å²) in [6.45, 7) is 8.61. The van der Waals surface area contributed by atoms with Crippen LogP contribution in [0.1, 0.15) is 57.1 Å². The van der Waals surface area contributed by atoms with E-state index in [0.717, 1.165) is 17.7 Å². The first-order chi connectivity index (χ1) is 11.5. The number of rotatable bonds is 7. The molecule has 3 nitrogen and oxygen atoms in total. The third kappa shape index (κ3) is 4.85. The second-order valence-corrected chi connectivity index (χ2v) is 6.46. The first-order valence-electron chi connectivity index (χ1n) is 8.62. The van der Waals surface area contributed by atoms with Gasteiger partial charge >= 0.3 is 0 Å². The maximum absolute atomic E-state index is 12.1. The van der Waals surface area contributed by atoms with Crippen LogP contribution < -0.4 is 10.1 Å². The molecule has 24 heavy (non-hydrogen) atoms. The highest BCUT2D eigenvalue weighted by Crippen LogP contribution is 2.24. The molecule has 0 saturated heterocycles. The number of nitrogens with one attached hydrogen (secondary N) is 1. The van der Waals surface area contributed by atoms with Crippen molar-refractivity contribution in [2.75, 3.05) is 11.9 Å². The third-order valence-corrected chi connectivity index (χ3v) is 4.29. The summed E-state index contributed by atoms with van der Waals surface area (Å²) in [5.74, 6) is 1.47. The van der Waals surface area contributed by atoms with Crippen LogP contribution in [0, 0.1) is 0 Å². The van der Waals surface area contributed by atoms with Crippen molar-refractivity contribution in [2.24, 2.45) is 0 Å². The molecule has 0 aliphatic heterocycles. The number of carbonyl (C=O) groups excluding carboxylic acids is 1. The summed E-state index contributed by atoms with van der Waals surface area (Å²) in [4.78, 5) is 12.1. The highest BCUT2D eigenvalue weighted by atomic mass is 16.5. The van der Waals surface area contributed by atoms with Crippen molar-refractivity contribution in [1.29, 1.82) is 0 Å². The SMILES string of the molecule is CC[C@H](C)c1ccc(OCC(=O)Nc2ccccc2C(C)C)cc1. The van der Waals surface area contributed by atoms with Gasteiger partial charge in [0, 0.05) is 5.69 Å². The second kappa shape index (κ2) is 8.53. The quantitative estimate of drug-likeness (QED) is 0.746. The molecule has 0 saturated carbocycles. The number of hydrogen-bond donors (Lipinski definition) is 1. The van der Waals surface area contributed by atoms with Gasteiger partial charge in [0.25, 0.3) is 5.91 Å². The maximum Gasteiger partial charge on any atom is 0.262 e. The van der Waals surface area contributed by atoms with E-state index in [1.54, 1.807) is 0 Å². The van der Waals surface area contributed by atoms with E-state index in [1.807, 2.05) is 36.4 Å². The van der Waals surface area contributed by atoms with Crippen LogP contribution in [-0.4, -0.2) is 12.5 Å². The number of ether oxygens (including phenoxy) is 1. The molecule has 0 bridgehead atoms. The molecule has 0 spiro atoms. The highest BCUT2D eigenvalue weighted by Gasteiger charge is 2.10. The van der Waals surface area contributed by atoms with E-state index in [9.17, 15) is 4.79 Å². The predicted molar refractivity (Wildman–Crippen MR) is 99.8 cm³/mol. The summed E-state index contributed by atoms with van der Waals surface area (Å²) in [6, 6.07) is 15.9. The monoisotopic (exact) mass is 325 g/mol. The minimum absolute atomic E-state index is 0.00904. The van der Waals surface area contributed by atoms with Gasteiger partial charge in [0.2, 0.25) is 0 Å². The van der Waals surface area contributed by atoms with Crippen molar-refractivity contribution in [3.63, 3.8) is 0 Å². The fourth-order valence-corrected chi connectivity index (χ4v) is 2.58. The number of benzene rings is 2. The van der Waals surface area contributed by atoms with Crippen LogP contribution in [0.15, 0.2) is 48.5 Å². The Morgan fingerprint density at radius 3 is 2.33 bits per heavy atom. The zero-order valence-corrected chi connectivity index (χ0v) is 15.0. The molecule has 0 aliphatic carbocycles. The van der Waals surface area contributed by atoms with Crippen molar-refractivity contribution in [1.82, 2.24) is 0 Å². The van der Waals surface area contributed by atoms with Gasteiger partial charge in [-0.2, -0.15) is 0 Å². The lowest BCUT2D eigenvalue weighted by atomic mass is 9.99. The van der Waals surface area contributed by atoms with Gasteiger partial charge in [-0.3, -0.25) is 4.79 Å². The molecule has 0 fully saturated rings. The molecule has 0 aliphatic rings. The normalized spacial score (nSPS) is 12.0. The predicted octanol–water partition coefficient (Wildman–Crippen LogP) is 5.34. The highest BCUT2D eigenvalue weighted by molar-refractivity contribution is 5.92. The number of anilines is 1. The maximum atomic E-state index is 12.1. The zero-order chi connectivity index (χ0) is 17.5. The van der Waals surface area contributed by atoms with E-state index in [2.05, 4.69) is 45.1 Å². The molecule has 0 heterocycles. The molecule has 1 N–H and O–H groups in total. The Morgan fingerprint density at radius 2 is 1.71 bits per heavy atom. The number of amides is 1. The summed E-state index contributed by atoms with van der Waals surface area (Å²) < 4.78 is 5.60. The third-order valence-electron chi connectivity index (χ3n) is 4.29. The summed E-state index contributed by atoms with van der Waals surface area (Å²) in [5, 5.41) is 2.94. The standard InChI is InChI=1S/C21H27NO2/c1-5-16(4)17-10-12-18(13-11-17)24-14-21(23)22-20-9-7-6-8-19(20)15(2)3/h6-13,15-16H,5,14H2,1-4H3,(H,22,23)/t16-/m0/s1. The van der Waals surface area contributed by atoms with Gasteiger partial charge in [-0.05, 0) is 47.6 Å². The van der Waals surface area contributed by atoms with E-state index in [-0.39, 0.29) is 12.5 Å². The fourth-order valence-electron chi connectivity index (χ4n) is 2.58. The van der Waals surface area contributed by atoms with Crippen molar-refractivity contribution < 1.29 is 9.53 Å². The van der Waals surface area contributed by atoms with E-state index in [0.29, 0.717) is 17.6 Å². The molecule has 0 aromatic heterocycles. The van der Waals surface area contributed by atoms with E-state index in [4.69, 9.17) is 4.74 Å². The van der Waals surface area contributed by atoms with Gasteiger partial charge in [0.15, 0.2) is 6.61 Å². The molecular weight excluding hydrogens is 298 g/mol. The van der Waals surface area contributed by atoms with Crippen molar-refractivity contribution in [3.05, 3.63) is 59.7 Å². The number of hydrogen-bond acceptors (Lipinski definition) is 2. The largest absolute Gasteiger partial charge is 0.484 e. The minimum Gasteiger partial charge on any atom is -0.484 e. The van der Waals surface area contributed by atoms with Crippen LogP contribution in [0.5, 0.6) is 5.75 Å². The summed E-state index contributed by atoms with van der Waals surface area (Å²) in [6.07, 6.45) is 1.11. The average Bonchev–Trinajstić information content (AvgIpc) is 2.60. The molecule has 2 aromatic rings. The van der Waals surface area contributed by atoms with Crippen molar-refractivity contribution >= 4 is 11.6 Å². The van der Waals surface area contributed by atoms with Crippen molar-refractivity contribution in [3.8, 4) is 5.75 Å². The zero-order valence-electron chi connectivity index (χ0n) is 15.0. The second-order valence-electron chi connectivity index (χ2n) is 6.46. The minimum atomic E-state index is -0.144. The lowest BCUT2D eigenvalue weighted by molar-refractivity contribution is -0.118. The first kappa shape index (κ1) is 18.1. The molecule has 3 heteroatoms. The molecule has 128 valence electrons. The fraction of sp³-hybridized carbons (Fsp3) is 0.381. The van der Waals surface area contributed by atoms with Gasteiger partial charge < -0.3 is 10.1 Å². The van der Waals surface area contributed by atoms with Crippen LogP contribution in [-0.2, 0) is 4.79 Å². The molecular formula is C21H27NO2. The van der Waals surface area contributed by atoms with Gasteiger partial charge in [-0.25, -0.2) is 0 Å². The Kier molecular flexibility index (Phi) is 6.42. The summed E-state index contributed by atoms with van der Waals surface area (Å²) in [5.41, 5.74) is 3.28. The van der Waals surface area contributed by atoms with E-state index in [1.165, 1.54) is 5.56 Å². The number of para-hydroxylation sites is 1. The van der Waals surface area contributed by atoms with Gasteiger partial charge in [0.05, 0.1) is 0 Å². The van der Waals surface area contributed by atoms with Crippen LogP contribution in [0.25, 0.3) is 0 Å². The van der Waals surface area contributed by atoms with Gasteiger partial charge in [0.1, 0.15) is 5.75 Å². The topological polar surface area (TPSA) is 38.3 Å². The van der Waals surface area contributed by atoms with Crippen LogP contribution in [0.4, 0.5) is 5.69 Å². The van der Waals surface area contributed by atoms with Crippen LogP contribution in [0.3, 0.4) is 0 Å². The molecule has 0 unspecified atom stereocenters. The Bertz CT molecular complexity index is 662. The van der Waals surface area contributed by atoms with Crippen LogP contribution in [0.2, 0.25) is 0 Å². The van der Waals surface area contributed by atoms with Crippen molar-refractivity contribution in [2.45, 2.75) is 46.0 Å². The average molecular weight is 325 g/mol. The molecule has 1 atom stereocenters. The van der Waals surface area contributed by atoms with Crippen LogP contribution >= 0.6 is 0 Å². The van der Waals surface area contributed by atoms with Gasteiger partial charge in [-0.15, -0.1) is 0 Å². The lowest BCUT2D eigenvalue weighted by Gasteiger charge is -2.14. The Labute approximate surface area is 145 Å².